The van der Waals surface area contributed by atoms with E-state index in [4.69, 9.17) is 4.74 Å². The van der Waals surface area contributed by atoms with E-state index in [9.17, 15) is 4.79 Å². The highest BCUT2D eigenvalue weighted by Crippen LogP contribution is 2.23. The van der Waals surface area contributed by atoms with Crippen molar-refractivity contribution in [2.24, 2.45) is 0 Å². The van der Waals surface area contributed by atoms with Crippen molar-refractivity contribution >= 4 is 17.7 Å². The van der Waals surface area contributed by atoms with Crippen LogP contribution in [0.15, 0.2) is 29.7 Å². The average Bonchev–Trinajstić information content (AvgIpc) is 3.28. The summed E-state index contributed by atoms with van der Waals surface area (Å²) >= 11 is 1.40. The standard InChI is InChI=1S/C16H21N5O2S/c1-2-21-15(12-5-7-17-8-6-12)19-20-16(21)24-11-14(22)18-10-13-4-3-9-23-13/h5-8,13H,2-4,9-11H2,1H3,(H,18,22)/t13-/m0/s1. The van der Waals surface area contributed by atoms with Crippen molar-refractivity contribution in [2.75, 3.05) is 18.9 Å². The first-order valence-electron chi connectivity index (χ1n) is 8.12. The molecule has 3 heterocycles. The highest BCUT2D eigenvalue weighted by atomic mass is 32.2. The number of carbonyl (C=O) groups excluding carboxylic acids is 1. The molecule has 1 N–H and O–H groups in total. The minimum atomic E-state index is -0.00776. The molecule has 2 aromatic heterocycles. The Hall–Kier alpha value is -1.93. The number of aromatic nitrogens is 4. The molecule has 24 heavy (non-hydrogen) atoms. The summed E-state index contributed by atoms with van der Waals surface area (Å²) in [7, 11) is 0. The lowest BCUT2D eigenvalue weighted by Gasteiger charge is -2.11. The summed E-state index contributed by atoms with van der Waals surface area (Å²) in [5, 5.41) is 12.1. The Morgan fingerprint density at radius 1 is 1.42 bits per heavy atom. The summed E-state index contributed by atoms with van der Waals surface area (Å²) < 4.78 is 7.51. The van der Waals surface area contributed by atoms with Crippen molar-refractivity contribution in [1.82, 2.24) is 25.1 Å². The van der Waals surface area contributed by atoms with E-state index in [-0.39, 0.29) is 12.0 Å². The maximum atomic E-state index is 12.0. The summed E-state index contributed by atoms with van der Waals surface area (Å²) in [5.41, 5.74) is 0.967. The van der Waals surface area contributed by atoms with Gasteiger partial charge in [-0.05, 0) is 31.9 Å². The lowest BCUT2D eigenvalue weighted by atomic mass is 10.2. The van der Waals surface area contributed by atoms with Gasteiger partial charge in [0, 0.05) is 37.7 Å². The molecule has 1 aliphatic rings. The Bertz CT molecular complexity index is 670. The molecule has 7 nitrogen and oxygen atoms in total. The number of thioether (sulfide) groups is 1. The van der Waals surface area contributed by atoms with Crippen LogP contribution in [0, 0.1) is 0 Å². The molecule has 1 saturated heterocycles. The number of hydrogen-bond donors (Lipinski definition) is 1. The summed E-state index contributed by atoms with van der Waals surface area (Å²) in [6.45, 7) is 4.16. The fourth-order valence-electron chi connectivity index (χ4n) is 2.61. The smallest absolute Gasteiger partial charge is 0.230 e. The quantitative estimate of drug-likeness (QED) is 0.769. The Kier molecular flexibility index (Phi) is 5.81. The molecule has 8 heteroatoms. The number of amides is 1. The first-order valence-corrected chi connectivity index (χ1v) is 9.11. The Morgan fingerprint density at radius 3 is 2.96 bits per heavy atom. The van der Waals surface area contributed by atoms with Crippen molar-refractivity contribution in [3.8, 4) is 11.4 Å². The van der Waals surface area contributed by atoms with Crippen LogP contribution in [-0.2, 0) is 16.1 Å². The molecular formula is C16H21N5O2S. The molecule has 0 saturated carbocycles. The highest BCUT2D eigenvalue weighted by Gasteiger charge is 2.17. The Balaban J connectivity index is 1.57. The van der Waals surface area contributed by atoms with E-state index in [0.717, 1.165) is 42.5 Å². The largest absolute Gasteiger partial charge is 0.376 e. The van der Waals surface area contributed by atoms with E-state index in [2.05, 4.69) is 20.5 Å². The zero-order chi connectivity index (χ0) is 16.8. The molecular weight excluding hydrogens is 326 g/mol. The van der Waals surface area contributed by atoms with E-state index in [1.165, 1.54) is 11.8 Å². The lowest BCUT2D eigenvalue weighted by molar-refractivity contribution is -0.119. The number of nitrogens with zero attached hydrogens (tertiary/aromatic N) is 4. The van der Waals surface area contributed by atoms with Gasteiger partial charge in [-0.25, -0.2) is 0 Å². The predicted octanol–water partition coefficient (Wildman–Crippen LogP) is 1.75. The third kappa shape index (κ3) is 4.12. The summed E-state index contributed by atoms with van der Waals surface area (Å²) in [6, 6.07) is 3.80. The molecule has 0 aliphatic carbocycles. The van der Waals surface area contributed by atoms with Crippen LogP contribution in [-0.4, -0.2) is 50.7 Å². The van der Waals surface area contributed by atoms with Crippen LogP contribution >= 0.6 is 11.8 Å². The fraction of sp³-hybridized carbons (Fsp3) is 0.500. The van der Waals surface area contributed by atoms with Gasteiger partial charge in [0.1, 0.15) is 0 Å². The minimum Gasteiger partial charge on any atom is -0.376 e. The summed E-state index contributed by atoms with van der Waals surface area (Å²) in [5.74, 6) is 1.11. The second-order valence-corrected chi connectivity index (χ2v) is 6.46. The van der Waals surface area contributed by atoms with Crippen molar-refractivity contribution in [1.29, 1.82) is 0 Å². The summed E-state index contributed by atoms with van der Waals surface area (Å²) in [6.07, 6.45) is 5.72. The Labute approximate surface area is 145 Å². The number of nitrogens with one attached hydrogen (secondary N) is 1. The van der Waals surface area contributed by atoms with Crippen LogP contribution in [0.25, 0.3) is 11.4 Å². The first-order chi connectivity index (χ1) is 11.8. The second-order valence-electron chi connectivity index (χ2n) is 5.51. The van der Waals surface area contributed by atoms with Gasteiger partial charge in [0.05, 0.1) is 11.9 Å². The van der Waals surface area contributed by atoms with Crippen LogP contribution in [0.3, 0.4) is 0 Å². The van der Waals surface area contributed by atoms with E-state index < -0.39 is 0 Å². The Morgan fingerprint density at radius 2 is 2.25 bits per heavy atom. The number of ether oxygens (including phenoxy) is 1. The molecule has 0 radical (unpaired) electrons. The molecule has 1 atom stereocenters. The zero-order valence-electron chi connectivity index (χ0n) is 13.6. The molecule has 1 fully saturated rings. The van der Waals surface area contributed by atoms with Gasteiger partial charge < -0.3 is 14.6 Å². The molecule has 1 aliphatic heterocycles. The highest BCUT2D eigenvalue weighted by molar-refractivity contribution is 7.99. The maximum Gasteiger partial charge on any atom is 0.230 e. The van der Waals surface area contributed by atoms with Gasteiger partial charge in [0.2, 0.25) is 5.91 Å². The SMILES string of the molecule is CCn1c(SCC(=O)NC[C@@H]2CCCO2)nnc1-c1ccncc1. The third-order valence-corrected chi connectivity index (χ3v) is 4.82. The minimum absolute atomic E-state index is 0.00776. The van der Waals surface area contributed by atoms with Crippen LogP contribution < -0.4 is 5.32 Å². The number of rotatable bonds is 7. The van der Waals surface area contributed by atoms with E-state index in [0.29, 0.717) is 12.3 Å². The average molecular weight is 347 g/mol. The van der Waals surface area contributed by atoms with Gasteiger partial charge >= 0.3 is 0 Å². The van der Waals surface area contributed by atoms with Crippen molar-refractivity contribution in [3.05, 3.63) is 24.5 Å². The maximum absolute atomic E-state index is 12.0. The zero-order valence-corrected chi connectivity index (χ0v) is 14.5. The monoisotopic (exact) mass is 347 g/mol. The van der Waals surface area contributed by atoms with E-state index in [1.807, 2.05) is 23.6 Å². The summed E-state index contributed by atoms with van der Waals surface area (Å²) in [4.78, 5) is 16.0. The molecule has 0 spiro atoms. The van der Waals surface area contributed by atoms with Gasteiger partial charge in [-0.1, -0.05) is 11.8 Å². The van der Waals surface area contributed by atoms with E-state index in [1.54, 1.807) is 12.4 Å². The van der Waals surface area contributed by atoms with E-state index >= 15 is 0 Å². The van der Waals surface area contributed by atoms with Gasteiger partial charge in [0.15, 0.2) is 11.0 Å². The lowest BCUT2D eigenvalue weighted by Crippen LogP contribution is -2.32. The van der Waals surface area contributed by atoms with Crippen LogP contribution in [0.2, 0.25) is 0 Å². The van der Waals surface area contributed by atoms with Gasteiger partial charge in [-0.15, -0.1) is 10.2 Å². The molecule has 1 amide bonds. The number of hydrogen-bond acceptors (Lipinski definition) is 6. The molecule has 128 valence electrons. The topological polar surface area (TPSA) is 81.9 Å². The van der Waals surface area contributed by atoms with Gasteiger partial charge in [-0.3, -0.25) is 9.78 Å². The van der Waals surface area contributed by atoms with Crippen molar-refractivity contribution in [2.45, 2.75) is 37.6 Å². The van der Waals surface area contributed by atoms with Gasteiger partial charge in [0.25, 0.3) is 0 Å². The molecule has 2 aromatic rings. The number of pyridine rings is 1. The van der Waals surface area contributed by atoms with Crippen molar-refractivity contribution in [3.63, 3.8) is 0 Å². The van der Waals surface area contributed by atoms with Crippen LogP contribution in [0.1, 0.15) is 19.8 Å². The normalized spacial score (nSPS) is 17.1. The van der Waals surface area contributed by atoms with Gasteiger partial charge in [-0.2, -0.15) is 0 Å². The van der Waals surface area contributed by atoms with Crippen LogP contribution in [0.4, 0.5) is 0 Å². The number of carbonyl (C=O) groups is 1. The molecule has 0 aromatic carbocycles. The first kappa shape index (κ1) is 16.9. The van der Waals surface area contributed by atoms with Crippen molar-refractivity contribution < 1.29 is 9.53 Å². The van der Waals surface area contributed by atoms with Crippen LogP contribution in [0.5, 0.6) is 0 Å². The molecule has 0 unspecified atom stereocenters. The fourth-order valence-corrected chi connectivity index (χ4v) is 3.44. The molecule has 3 rings (SSSR count). The predicted molar refractivity (Wildman–Crippen MR) is 91.6 cm³/mol. The third-order valence-electron chi connectivity index (χ3n) is 3.85. The second kappa shape index (κ2) is 8.25. The molecule has 0 bridgehead atoms.